The van der Waals surface area contributed by atoms with E-state index in [1.54, 1.807) is 0 Å². The fourth-order valence-corrected chi connectivity index (χ4v) is 2.12. The molecule has 0 N–H and O–H groups in total. The molecule has 13 heavy (non-hydrogen) atoms. The van der Waals surface area contributed by atoms with Gasteiger partial charge < -0.3 is 0 Å². The molecular formula is C11H12N2. The third kappa shape index (κ3) is 0.947. The molecule has 0 amide bonds. The Balaban J connectivity index is 2.46. The molecule has 1 saturated carbocycles. The Labute approximate surface area is 77.0 Å². The Morgan fingerprint density at radius 1 is 1.00 bits per heavy atom. The van der Waals surface area contributed by atoms with E-state index in [1.807, 2.05) is 13.8 Å². The molecule has 0 saturated heterocycles. The average molecular weight is 172 g/mol. The van der Waals surface area contributed by atoms with Crippen LogP contribution in [0.5, 0.6) is 0 Å². The van der Waals surface area contributed by atoms with Gasteiger partial charge in [0.15, 0.2) is 0 Å². The Hall–Kier alpha value is -1.18. The first-order chi connectivity index (χ1) is 6.25. The molecule has 1 fully saturated rings. The van der Waals surface area contributed by atoms with Crippen molar-refractivity contribution in [2.45, 2.75) is 20.3 Å². The van der Waals surface area contributed by atoms with Crippen molar-refractivity contribution >= 4 is 12.2 Å². The maximum Gasteiger partial charge on any atom is 0.0675 e. The predicted octanol–water partition coefficient (Wildman–Crippen LogP) is 0.304. The van der Waals surface area contributed by atoms with Gasteiger partial charge in [0.25, 0.3) is 0 Å². The molecule has 1 aromatic heterocycles. The first kappa shape index (κ1) is 7.25. The van der Waals surface area contributed by atoms with Gasteiger partial charge in [-0.3, -0.25) is 0 Å². The van der Waals surface area contributed by atoms with Crippen molar-refractivity contribution in [3.8, 4) is 0 Å². The zero-order chi connectivity index (χ0) is 9.00. The molecule has 0 bridgehead atoms. The van der Waals surface area contributed by atoms with Gasteiger partial charge in [0, 0.05) is 10.4 Å². The van der Waals surface area contributed by atoms with E-state index in [4.69, 9.17) is 0 Å². The summed E-state index contributed by atoms with van der Waals surface area (Å²) in [7, 11) is 0. The van der Waals surface area contributed by atoms with Crippen molar-refractivity contribution in [3.63, 3.8) is 0 Å². The minimum atomic E-state index is 0.801. The molecule has 2 nitrogen and oxygen atoms in total. The monoisotopic (exact) mass is 172 g/mol. The highest BCUT2D eigenvalue weighted by molar-refractivity contribution is 5.50. The highest BCUT2D eigenvalue weighted by atomic mass is 15.1. The number of hydrogen-bond acceptors (Lipinski definition) is 2. The van der Waals surface area contributed by atoms with E-state index in [2.05, 4.69) is 22.3 Å². The molecule has 0 aromatic carbocycles. The third-order valence-corrected chi connectivity index (χ3v) is 3.07. The fourth-order valence-electron chi connectivity index (χ4n) is 2.12. The topological polar surface area (TPSA) is 25.8 Å². The van der Waals surface area contributed by atoms with Gasteiger partial charge in [-0.1, -0.05) is 12.2 Å². The van der Waals surface area contributed by atoms with Crippen molar-refractivity contribution in [3.05, 3.63) is 21.8 Å². The summed E-state index contributed by atoms with van der Waals surface area (Å²) in [5.41, 5.74) is 2.14. The van der Waals surface area contributed by atoms with Crippen LogP contribution in [0.1, 0.15) is 17.8 Å². The molecule has 2 aliphatic rings. The zero-order valence-corrected chi connectivity index (χ0v) is 7.91. The molecule has 2 atom stereocenters. The minimum absolute atomic E-state index is 0.801. The van der Waals surface area contributed by atoms with Crippen LogP contribution in [-0.2, 0) is 0 Å². The Bertz CT molecular complexity index is 443. The highest BCUT2D eigenvalue weighted by Gasteiger charge is 2.34. The molecule has 3 rings (SSSR count). The van der Waals surface area contributed by atoms with Gasteiger partial charge in [0.1, 0.15) is 0 Å². The van der Waals surface area contributed by atoms with Gasteiger partial charge in [-0.25, -0.2) is 0 Å². The van der Waals surface area contributed by atoms with E-state index in [0.29, 0.717) is 0 Å². The van der Waals surface area contributed by atoms with Gasteiger partial charge in [-0.05, 0) is 32.1 Å². The van der Waals surface area contributed by atoms with Crippen molar-refractivity contribution in [2.24, 2.45) is 11.8 Å². The summed E-state index contributed by atoms with van der Waals surface area (Å²) in [6, 6.07) is 0. The number of aryl methyl sites for hydroxylation is 2. The summed E-state index contributed by atoms with van der Waals surface area (Å²) in [4.78, 5) is 0. The smallest absolute Gasteiger partial charge is 0.0675 e. The number of fused-ring (bicyclic) bond motifs is 2. The Kier molecular flexibility index (Phi) is 1.22. The lowest BCUT2D eigenvalue weighted by Crippen LogP contribution is -2.34. The molecule has 0 spiro atoms. The second-order valence-electron chi connectivity index (χ2n) is 4.09. The number of nitrogens with zero attached hydrogens (tertiary/aromatic N) is 2. The molecule has 2 unspecified atom stereocenters. The largest absolute Gasteiger partial charge is 0.155 e. The predicted molar refractivity (Wildman–Crippen MR) is 51.3 cm³/mol. The quantitative estimate of drug-likeness (QED) is 0.562. The minimum Gasteiger partial charge on any atom is -0.155 e. The van der Waals surface area contributed by atoms with E-state index in [9.17, 15) is 0 Å². The first-order valence-corrected chi connectivity index (χ1v) is 4.79. The molecule has 2 aliphatic carbocycles. The van der Waals surface area contributed by atoms with Crippen molar-refractivity contribution in [1.29, 1.82) is 0 Å². The normalized spacial score (nSPS) is 28.2. The second-order valence-corrected chi connectivity index (χ2v) is 4.09. The standard InChI is InChI=1S/C11H12N2/c1-6-10-4-8-3-9(8)5-11(10)7(2)13-12-6/h4-5,8-9H,3H2,1-2H3. The number of hydrogen-bond donors (Lipinski definition) is 0. The van der Waals surface area contributed by atoms with Crippen molar-refractivity contribution in [2.75, 3.05) is 0 Å². The van der Waals surface area contributed by atoms with Crippen LogP contribution < -0.4 is 10.4 Å². The molecule has 1 heterocycles. The van der Waals surface area contributed by atoms with E-state index < -0.39 is 0 Å². The molecule has 0 aliphatic heterocycles. The maximum atomic E-state index is 4.14. The summed E-state index contributed by atoms with van der Waals surface area (Å²) in [5.74, 6) is 1.60. The number of aromatic nitrogens is 2. The lowest BCUT2D eigenvalue weighted by Gasteiger charge is -2.02. The van der Waals surface area contributed by atoms with E-state index in [-0.39, 0.29) is 0 Å². The average Bonchev–Trinajstić information content (AvgIpc) is 2.87. The van der Waals surface area contributed by atoms with E-state index >= 15 is 0 Å². The van der Waals surface area contributed by atoms with Crippen LogP contribution in [0, 0.1) is 25.7 Å². The lowest BCUT2D eigenvalue weighted by molar-refractivity contribution is 0.898. The van der Waals surface area contributed by atoms with Gasteiger partial charge in [-0.2, -0.15) is 10.2 Å². The maximum absolute atomic E-state index is 4.14. The summed E-state index contributed by atoms with van der Waals surface area (Å²) in [5, 5.41) is 10.9. The van der Waals surface area contributed by atoms with Crippen LogP contribution in [-0.4, -0.2) is 10.2 Å². The van der Waals surface area contributed by atoms with Crippen LogP contribution in [0.3, 0.4) is 0 Å². The molecular weight excluding hydrogens is 160 g/mol. The summed E-state index contributed by atoms with van der Waals surface area (Å²) in [6.07, 6.45) is 6.07. The van der Waals surface area contributed by atoms with Crippen LogP contribution >= 0.6 is 0 Å². The van der Waals surface area contributed by atoms with Gasteiger partial charge in [0.2, 0.25) is 0 Å². The SMILES string of the molecule is Cc1nnc(C)c2c1=CC1CC1C=2. The first-order valence-electron chi connectivity index (χ1n) is 4.79. The van der Waals surface area contributed by atoms with Crippen LogP contribution in [0.25, 0.3) is 12.2 Å². The van der Waals surface area contributed by atoms with Crippen molar-refractivity contribution in [1.82, 2.24) is 10.2 Å². The van der Waals surface area contributed by atoms with Crippen LogP contribution in [0.2, 0.25) is 0 Å². The van der Waals surface area contributed by atoms with Crippen LogP contribution in [0.15, 0.2) is 0 Å². The van der Waals surface area contributed by atoms with Gasteiger partial charge in [-0.15, -0.1) is 0 Å². The summed E-state index contributed by atoms with van der Waals surface area (Å²) in [6.45, 7) is 4.08. The lowest BCUT2D eigenvalue weighted by atomic mass is 10.1. The van der Waals surface area contributed by atoms with Crippen molar-refractivity contribution < 1.29 is 0 Å². The molecule has 0 radical (unpaired) electrons. The highest BCUT2D eigenvalue weighted by Crippen LogP contribution is 2.41. The molecule has 66 valence electrons. The summed E-state index contributed by atoms with van der Waals surface area (Å²) < 4.78 is 0. The van der Waals surface area contributed by atoms with Crippen LogP contribution in [0.4, 0.5) is 0 Å². The number of rotatable bonds is 0. The second kappa shape index (κ2) is 2.19. The van der Waals surface area contributed by atoms with Gasteiger partial charge >= 0.3 is 0 Å². The Morgan fingerprint density at radius 2 is 1.46 bits per heavy atom. The van der Waals surface area contributed by atoms with E-state index in [0.717, 1.165) is 23.2 Å². The summed E-state index contributed by atoms with van der Waals surface area (Å²) >= 11 is 0. The molecule has 1 aromatic rings. The fraction of sp³-hybridized carbons (Fsp3) is 0.455. The van der Waals surface area contributed by atoms with Gasteiger partial charge in [0.05, 0.1) is 11.4 Å². The Morgan fingerprint density at radius 3 is 1.92 bits per heavy atom. The molecule has 2 heteroatoms. The third-order valence-electron chi connectivity index (χ3n) is 3.07. The zero-order valence-electron chi connectivity index (χ0n) is 7.91. The van der Waals surface area contributed by atoms with E-state index in [1.165, 1.54) is 16.9 Å².